The van der Waals surface area contributed by atoms with Crippen LogP contribution in [0.15, 0.2) is 47.1 Å². The molecule has 2 heterocycles. The normalized spacial score (nSPS) is 18.8. The molecule has 0 bridgehead atoms. The van der Waals surface area contributed by atoms with Crippen molar-refractivity contribution in [3.8, 4) is 5.75 Å². The van der Waals surface area contributed by atoms with Gasteiger partial charge in [0.25, 0.3) is 5.91 Å². The van der Waals surface area contributed by atoms with Crippen LogP contribution in [0, 0.1) is 0 Å². The van der Waals surface area contributed by atoms with Crippen molar-refractivity contribution in [3.05, 3.63) is 54.0 Å². The fourth-order valence-corrected chi connectivity index (χ4v) is 5.02. The van der Waals surface area contributed by atoms with Gasteiger partial charge in [0.1, 0.15) is 11.5 Å². The number of hydrogen-bond donors (Lipinski definition) is 0. The number of nitrogens with zero attached hydrogens (tertiary/aromatic N) is 1. The summed E-state index contributed by atoms with van der Waals surface area (Å²) in [6.45, 7) is 6.49. The molecule has 0 radical (unpaired) electrons. The molecule has 0 saturated carbocycles. The Morgan fingerprint density at radius 2 is 1.93 bits per heavy atom. The SMILES string of the molecule is CC(C)(C)c1ccc(OCC(=O)N(Cc2ccco2)C2CCS(=O)(=O)C2)cc1. The summed E-state index contributed by atoms with van der Waals surface area (Å²) in [5, 5.41) is 0. The Labute approximate surface area is 166 Å². The van der Waals surface area contributed by atoms with Gasteiger partial charge in [-0.05, 0) is 41.7 Å². The third kappa shape index (κ3) is 5.16. The minimum atomic E-state index is -3.10. The largest absolute Gasteiger partial charge is 0.484 e. The van der Waals surface area contributed by atoms with Crippen molar-refractivity contribution >= 4 is 15.7 Å². The van der Waals surface area contributed by atoms with E-state index in [1.807, 2.05) is 24.3 Å². The molecule has 1 aromatic heterocycles. The third-order valence-corrected chi connectivity index (χ3v) is 6.71. The third-order valence-electron chi connectivity index (χ3n) is 4.96. The van der Waals surface area contributed by atoms with Crippen LogP contribution >= 0.6 is 0 Å². The van der Waals surface area contributed by atoms with E-state index in [0.717, 1.165) is 0 Å². The number of sulfone groups is 1. The van der Waals surface area contributed by atoms with Gasteiger partial charge in [0.15, 0.2) is 16.4 Å². The van der Waals surface area contributed by atoms with Gasteiger partial charge in [-0.15, -0.1) is 0 Å². The summed E-state index contributed by atoms with van der Waals surface area (Å²) >= 11 is 0. The summed E-state index contributed by atoms with van der Waals surface area (Å²) in [6, 6.07) is 10.9. The topological polar surface area (TPSA) is 76.8 Å². The Kier molecular flexibility index (Phi) is 5.84. The number of hydrogen-bond acceptors (Lipinski definition) is 5. The molecule has 6 nitrogen and oxygen atoms in total. The highest BCUT2D eigenvalue weighted by atomic mass is 32.2. The molecule has 1 aromatic carbocycles. The van der Waals surface area contributed by atoms with Crippen LogP contribution in [-0.4, -0.2) is 43.4 Å². The van der Waals surface area contributed by atoms with Gasteiger partial charge in [-0.1, -0.05) is 32.9 Å². The van der Waals surface area contributed by atoms with Gasteiger partial charge in [0, 0.05) is 6.04 Å². The molecule has 1 aliphatic rings. The van der Waals surface area contributed by atoms with Crippen LogP contribution < -0.4 is 4.74 Å². The second kappa shape index (κ2) is 7.99. The molecule has 1 amide bonds. The molecular weight excluding hydrogens is 378 g/mol. The molecule has 28 heavy (non-hydrogen) atoms. The van der Waals surface area contributed by atoms with Crippen molar-refractivity contribution in [2.75, 3.05) is 18.1 Å². The van der Waals surface area contributed by atoms with Gasteiger partial charge < -0.3 is 14.1 Å². The summed E-state index contributed by atoms with van der Waals surface area (Å²) in [6.07, 6.45) is 1.98. The van der Waals surface area contributed by atoms with Crippen LogP contribution in [0.4, 0.5) is 0 Å². The number of amides is 1. The average molecular weight is 406 g/mol. The smallest absolute Gasteiger partial charge is 0.261 e. The molecule has 7 heteroatoms. The summed E-state index contributed by atoms with van der Waals surface area (Å²) in [7, 11) is -3.10. The maximum Gasteiger partial charge on any atom is 0.261 e. The van der Waals surface area contributed by atoms with Gasteiger partial charge in [-0.3, -0.25) is 4.79 Å². The van der Waals surface area contributed by atoms with Crippen molar-refractivity contribution < 1.29 is 22.4 Å². The van der Waals surface area contributed by atoms with Gasteiger partial charge in [0.2, 0.25) is 0 Å². The maximum absolute atomic E-state index is 12.8. The second-order valence-electron chi connectivity index (χ2n) is 8.22. The van der Waals surface area contributed by atoms with E-state index in [1.54, 1.807) is 17.0 Å². The van der Waals surface area contributed by atoms with E-state index in [1.165, 1.54) is 11.8 Å². The monoisotopic (exact) mass is 405 g/mol. The number of furan rings is 1. The minimum Gasteiger partial charge on any atom is -0.484 e. The van der Waals surface area contributed by atoms with Crippen LogP contribution in [0.3, 0.4) is 0 Å². The molecule has 3 rings (SSSR count). The van der Waals surface area contributed by atoms with Crippen LogP contribution in [-0.2, 0) is 26.6 Å². The lowest BCUT2D eigenvalue weighted by Crippen LogP contribution is -2.43. The average Bonchev–Trinajstić information content (AvgIpc) is 3.26. The predicted octanol–water partition coefficient (Wildman–Crippen LogP) is 3.17. The summed E-state index contributed by atoms with van der Waals surface area (Å²) in [5.41, 5.74) is 1.23. The molecule has 1 atom stereocenters. The predicted molar refractivity (Wildman–Crippen MR) is 107 cm³/mol. The number of rotatable bonds is 6. The van der Waals surface area contributed by atoms with E-state index in [2.05, 4.69) is 20.8 Å². The van der Waals surface area contributed by atoms with Gasteiger partial charge in [-0.25, -0.2) is 8.42 Å². The Balaban J connectivity index is 1.67. The number of ether oxygens (including phenoxy) is 1. The molecule has 1 unspecified atom stereocenters. The zero-order valence-electron chi connectivity index (χ0n) is 16.6. The number of carbonyl (C=O) groups excluding carboxylic acids is 1. The first-order valence-corrected chi connectivity index (χ1v) is 11.2. The quantitative estimate of drug-likeness (QED) is 0.738. The molecular formula is C21H27NO5S. The molecule has 0 spiro atoms. The van der Waals surface area contributed by atoms with E-state index in [9.17, 15) is 13.2 Å². The van der Waals surface area contributed by atoms with Gasteiger partial charge >= 0.3 is 0 Å². The molecule has 1 saturated heterocycles. The van der Waals surface area contributed by atoms with Crippen LogP contribution in [0.2, 0.25) is 0 Å². The molecule has 2 aromatic rings. The van der Waals surface area contributed by atoms with Crippen molar-refractivity contribution in [3.63, 3.8) is 0 Å². The highest BCUT2D eigenvalue weighted by Gasteiger charge is 2.35. The summed E-state index contributed by atoms with van der Waals surface area (Å²) < 4.78 is 34.8. The minimum absolute atomic E-state index is 0.0142. The first-order chi connectivity index (χ1) is 13.1. The van der Waals surface area contributed by atoms with E-state index < -0.39 is 9.84 Å². The highest BCUT2D eigenvalue weighted by Crippen LogP contribution is 2.25. The second-order valence-corrected chi connectivity index (χ2v) is 10.4. The van der Waals surface area contributed by atoms with E-state index in [-0.39, 0.29) is 42.0 Å². The lowest BCUT2D eigenvalue weighted by Gasteiger charge is -2.27. The molecule has 1 fully saturated rings. The van der Waals surface area contributed by atoms with Gasteiger partial charge in [-0.2, -0.15) is 0 Å². The Hall–Kier alpha value is -2.28. The zero-order valence-corrected chi connectivity index (χ0v) is 17.4. The summed E-state index contributed by atoms with van der Waals surface area (Å²) in [5.74, 6) is 1.07. The number of benzene rings is 1. The molecule has 1 aliphatic heterocycles. The highest BCUT2D eigenvalue weighted by molar-refractivity contribution is 7.91. The molecule has 152 valence electrons. The van der Waals surface area contributed by atoms with Crippen molar-refractivity contribution in [1.82, 2.24) is 4.90 Å². The van der Waals surface area contributed by atoms with Crippen molar-refractivity contribution in [1.29, 1.82) is 0 Å². The molecule has 0 aliphatic carbocycles. The van der Waals surface area contributed by atoms with Crippen LogP contribution in [0.1, 0.15) is 38.5 Å². The maximum atomic E-state index is 12.8. The van der Waals surface area contributed by atoms with Crippen molar-refractivity contribution in [2.24, 2.45) is 0 Å². The van der Waals surface area contributed by atoms with Gasteiger partial charge in [0.05, 0.1) is 24.3 Å². The Morgan fingerprint density at radius 1 is 1.21 bits per heavy atom. The molecule has 0 N–H and O–H groups in total. The Morgan fingerprint density at radius 3 is 2.46 bits per heavy atom. The van der Waals surface area contributed by atoms with E-state index in [4.69, 9.17) is 9.15 Å². The summed E-state index contributed by atoms with van der Waals surface area (Å²) in [4.78, 5) is 14.4. The first kappa shape index (κ1) is 20.5. The van der Waals surface area contributed by atoms with E-state index in [0.29, 0.717) is 17.9 Å². The fourth-order valence-electron chi connectivity index (χ4n) is 3.29. The number of carbonyl (C=O) groups is 1. The standard InChI is InChI=1S/C21H27NO5S/c1-21(2,3)16-6-8-18(9-7-16)27-14-20(23)22(13-19-5-4-11-26-19)17-10-12-28(24,25)15-17/h4-9,11,17H,10,12-15H2,1-3H3. The van der Waals surface area contributed by atoms with Crippen molar-refractivity contribution in [2.45, 2.75) is 45.2 Å². The van der Waals surface area contributed by atoms with E-state index >= 15 is 0 Å². The van der Waals surface area contributed by atoms with Crippen LogP contribution in [0.25, 0.3) is 0 Å². The zero-order chi connectivity index (χ0) is 20.4. The lowest BCUT2D eigenvalue weighted by molar-refractivity contribution is -0.136. The van der Waals surface area contributed by atoms with Crippen LogP contribution in [0.5, 0.6) is 5.75 Å². The fraction of sp³-hybridized carbons (Fsp3) is 0.476. The lowest BCUT2D eigenvalue weighted by atomic mass is 9.87. The first-order valence-electron chi connectivity index (χ1n) is 9.40. The Bertz CT molecular complexity index is 895.